The topological polar surface area (TPSA) is 51.8 Å². The van der Waals surface area contributed by atoms with Crippen molar-refractivity contribution in [3.8, 4) is 11.3 Å². The van der Waals surface area contributed by atoms with Crippen molar-refractivity contribution in [1.82, 2.24) is 9.97 Å². The van der Waals surface area contributed by atoms with Gasteiger partial charge < -0.3 is 5.73 Å². The Morgan fingerprint density at radius 3 is 2.33 bits per heavy atom. The van der Waals surface area contributed by atoms with E-state index in [-0.39, 0.29) is 5.92 Å². The molecule has 0 saturated carbocycles. The van der Waals surface area contributed by atoms with Crippen molar-refractivity contribution in [3.63, 3.8) is 0 Å². The van der Waals surface area contributed by atoms with Crippen LogP contribution >= 0.6 is 0 Å². The first kappa shape index (κ1) is 12.6. The quantitative estimate of drug-likeness (QED) is 0.876. The van der Waals surface area contributed by atoms with E-state index in [1.807, 2.05) is 6.07 Å². The minimum absolute atomic E-state index is 0.277. The summed E-state index contributed by atoms with van der Waals surface area (Å²) in [6.45, 7) is 8.34. The molecule has 0 saturated heterocycles. The molecule has 1 aromatic carbocycles. The van der Waals surface area contributed by atoms with Crippen molar-refractivity contribution in [2.45, 2.75) is 33.6 Å². The number of hydrogen-bond acceptors (Lipinski definition) is 3. The minimum atomic E-state index is 0.277. The Morgan fingerprint density at radius 1 is 1.00 bits per heavy atom. The fourth-order valence-corrected chi connectivity index (χ4v) is 1.79. The summed E-state index contributed by atoms with van der Waals surface area (Å²) in [5.74, 6) is 1.60. The molecule has 1 heterocycles. The van der Waals surface area contributed by atoms with Crippen LogP contribution in [0.1, 0.15) is 36.7 Å². The molecule has 94 valence electrons. The molecule has 0 aliphatic heterocycles. The van der Waals surface area contributed by atoms with Crippen molar-refractivity contribution in [2.24, 2.45) is 0 Å². The van der Waals surface area contributed by atoms with Crippen LogP contribution in [0, 0.1) is 13.8 Å². The van der Waals surface area contributed by atoms with Gasteiger partial charge in [0.05, 0.1) is 5.69 Å². The molecule has 0 bridgehead atoms. The summed E-state index contributed by atoms with van der Waals surface area (Å²) in [5, 5.41) is 0. The van der Waals surface area contributed by atoms with Crippen LogP contribution in [0.5, 0.6) is 0 Å². The van der Waals surface area contributed by atoms with Gasteiger partial charge in [0, 0.05) is 17.5 Å². The monoisotopic (exact) mass is 241 g/mol. The van der Waals surface area contributed by atoms with Crippen LogP contribution in [0.4, 0.5) is 5.82 Å². The standard InChI is InChI=1S/C15H19N3/c1-9(2)15-17-13(8-14(16)18-15)12-6-5-10(3)11(4)7-12/h5-9H,1-4H3,(H2,16,17,18). The fourth-order valence-electron chi connectivity index (χ4n) is 1.79. The lowest BCUT2D eigenvalue weighted by atomic mass is 10.0. The maximum atomic E-state index is 5.85. The van der Waals surface area contributed by atoms with Crippen LogP contribution < -0.4 is 5.73 Å². The highest BCUT2D eigenvalue weighted by Gasteiger charge is 2.08. The molecule has 2 rings (SSSR count). The molecule has 0 unspecified atom stereocenters. The molecule has 0 atom stereocenters. The second kappa shape index (κ2) is 4.77. The number of hydrogen-bond donors (Lipinski definition) is 1. The molecule has 0 fully saturated rings. The molecule has 0 aliphatic carbocycles. The first-order valence-corrected chi connectivity index (χ1v) is 6.19. The molecular formula is C15H19N3. The Labute approximate surface area is 108 Å². The predicted octanol–water partition coefficient (Wildman–Crippen LogP) is 3.47. The third-order valence-corrected chi connectivity index (χ3v) is 3.08. The number of nitrogens with two attached hydrogens (primary N) is 1. The molecule has 1 aromatic heterocycles. The van der Waals surface area contributed by atoms with Crippen molar-refractivity contribution >= 4 is 5.82 Å². The van der Waals surface area contributed by atoms with Crippen LogP contribution in [0.2, 0.25) is 0 Å². The van der Waals surface area contributed by atoms with Crippen molar-refractivity contribution in [3.05, 3.63) is 41.2 Å². The van der Waals surface area contributed by atoms with Gasteiger partial charge in [-0.05, 0) is 31.0 Å². The van der Waals surface area contributed by atoms with Crippen LogP contribution in [-0.2, 0) is 0 Å². The number of benzene rings is 1. The SMILES string of the molecule is Cc1ccc(-c2cc(N)nc(C(C)C)n2)cc1C. The zero-order valence-corrected chi connectivity index (χ0v) is 11.4. The Bertz CT molecular complexity index is 574. The predicted molar refractivity (Wildman–Crippen MR) is 75.4 cm³/mol. The Kier molecular flexibility index (Phi) is 3.32. The normalized spacial score (nSPS) is 10.9. The summed E-state index contributed by atoms with van der Waals surface area (Å²) in [6, 6.07) is 8.16. The van der Waals surface area contributed by atoms with Gasteiger partial charge in [0.1, 0.15) is 11.6 Å². The molecule has 0 radical (unpaired) electrons. The zero-order chi connectivity index (χ0) is 13.3. The number of aromatic nitrogens is 2. The van der Waals surface area contributed by atoms with Gasteiger partial charge in [0.2, 0.25) is 0 Å². The van der Waals surface area contributed by atoms with E-state index >= 15 is 0 Å². The van der Waals surface area contributed by atoms with Gasteiger partial charge in [0.25, 0.3) is 0 Å². The zero-order valence-electron chi connectivity index (χ0n) is 11.4. The molecule has 2 aromatic rings. The van der Waals surface area contributed by atoms with E-state index in [2.05, 4.69) is 55.9 Å². The highest BCUT2D eigenvalue weighted by Crippen LogP contribution is 2.23. The first-order valence-electron chi connectivity index (χ1n) is 6.19. The molecule has 2 N–H and O–H groups in total. The van der Waals surface area contributed by atoms with Crippen LogP contribution in [0.3, 0.4) is 0 Å². The van der Waals surface area contributed by atoms with Crippen LogP contribution in [0.25, 0.3) is 11.3 Å². The molecule has 0 spiro atoms. The lowest BCUT2D eigenvalue weighted by Crippen LogP contribution is -2.03. The Hall–Kier alpha value is -1.90. The maximum Gasteiger partial charge on any atom is 0.133 e. The van der Waals surface area contributed by atoms with E-state index in [0.29, 0.717) is 5.82 Å². The van der Waals surface area contributed by atoms with E-state index < -0.39 is 0 Å². The fraction of sp³-hybridized carbons (Fsp3) is 0.333. The molecule has 3 heteroatoms. The molecule has 18 heavy (non-hydrogen) atoms. The average molecular weight is 241 g/mol. The first-order chi connectivity index (χ1) is 8.47. The van der Waals surface area contributed by atoms with E-state index in [1.54, 1.807) is 0 Å². The van der Waals surface area contributed by atoms with Gasteiger partial charge in [-0.3, -0.25) is 0 Å². The van der Waals surface area contributed by atoms with Crippen LogP contribution in [0.15, 0.2) is 24.3 Å². The van der Waals surface area contributed by atoms with Gasteiger partial charge >= 0.3 is 0 Å². The lowest BCUT2D eigenvalue weighted by Gasteiger charge is -2.09. The second-order valence-electron chi connectivity index (χ2n) is 4.99. The van der Waals surface area contributed by atoms with Crippen molar-refractivity contribution < 1.29 is 0 Å². The largest absolute Gasteiger partial charge is 0.384 e. The molecule has 0 aliphatic rings. The number of aryl methyl sites for hydroxylation is 2. The Morgan fingerprint density at radius 2 is 1.72 bits per heavy atom. The van der Waals surface area contributed by atoms with Gasteiger partial charge in [0.15, 0.2) is 0 Å². The third-order valence-electron chi connectivity index (χ3n) is 3.08. The Balaban J connectivity index is 2.53. The summed E-state index contributed by atoms with van der Waals surface area (Å²) < 4.78 is 0. The molecule has 3 nitrogen and oxygen atoms in total. The van der Waals surface area contributed by atoms with E-state index in [9.17, 15) is 0 Å². The number of anilines is 1. The summed E-state index contributed by atoms with van der Waals surface area (Å²) >= 11 is 0. The smallest absolute Gasteiger partial charge is 0.133 e. The molecule has 0 amide bonds. The van der Waals surface area contributed by atoms with Gasteiger partial charge in [-0.2, -0.15) is 0 Å². The lowest BCUT2D eigenvalue weighted by molar-refractivity contribution is 0.778. The summed E-state index contributed by atoms with van der Waals surface area (Å²) in [7, 11) is 0. The van der Waals surface area contributed by atoms with Gasteiger partial charge in [-0.25, -0.2) is 9.97 Å². The second-order valence-corrected chi connectivity index (χ2v) is 4.99. The average Bonchev–Trinajstić information content (AvgIpc) is 2.31. The number of rotatable bonds is 2. The maximum absolute atomic E-state index is 5.85. The third kappa shape index (κ3) is 2.50. The highest BCUT2D eigenvalue weighted by atomic mass is 14.9. The van der Waals surface area contributed by atoms with Gasteiger partial charge in [-0.15, -0.1) is 0 Å². The van der Waals surface area contributed by atoms with Gasteiger partial charge in [-0.1, -0.05) is 26.0 Å². The van der Waals surface area contributed by atoms with E-state index in [4.69, 9.17) is 5.73 Å². The van der Waals surface area contributed by atoms with Crippen molar-refractivity contribution in [2.75, 3.05) is 5.73 Å². The van der Waals surface area contributed by atoms with Crippen LogP contribution in [-0.4, -0.2) is 9.97 Å². The number of nitrogens with zero attached hydrogens (tertiary/aromatic N) is 2. The summed E-state index contributed by atoms with van der Waals surface area (Å²) in [5.41, 5.74) is 10.4. The van der Waals surface area contributed by atoms with E-state index in [0.717, 1.165) is 17.1 Å². The summed E-state index contributed by atoms with van der Waals surface area (Å²) in [4.78, 5) is 8.85. The molecular weight excluding hydrogens is 222 g/mol. The highest BCUT2D eigenvalue weighted by molar-refractivity contribution is 5.63. The van der Waals surface area contributed by atoms with E-state index in [1.165, 1.54) is 11.1 Å². The summed E-state index contributed by atoms with van der Waals surface area (Å²) in [6.07, 6.45) is 0. The minimum Gasteiger partial charge on any atom is -0.384 e. The van der Waals surface area contributed by atoms with Crippen molar-refractivity contribution in [1.29, 1.82) is 0 Å². The number of nitrogen functional groups attached to an aromatic ring is 1.